The van der Waals surface area contributed by atoms with Crippen molar-refractivity contribution in [3.8, 4) is 0 Å². The molecule has 3 heterocycles. The van der Waals surface area contributed by atoms with Crippen molar-refractivity contribution in [1.82, 2.24) is 29.6 Å². The Bertz CT molecular complexity index is 1180. The van der Waals surface area contributed by atoms with Gasteiger partial charge in [-0.2, -0.15) is 4.98 Å². The van der Waals surface area contributed by atoms with Gasteiger partial charge in [-0.3, -0.25) is 4.79 Å². The maximum absolute atomic E-state index is 12.3. The Kier molecular flexibility index (Phi) is 3.57. The van der Waals surface area contributed by atoms with Gasteiger partial charge in [-0.05, 0) is 32.0 Å². The van der Waals surface area contributed by atoms with Gasteiger partial charge in [0.05, 0.1) is 10.2 Å². The SMILES string of the molecule is Cc1cc(C)n2nc(C(=O)N/N=c3/sc4ccccc4n3C)nc2n1. The predicted octanol–water partition coefficient (Wildman–Crippen LogP) is 1.54. The maximum Gasteiger partial charge on any atom is 0.311 e. The second-order valence-electron chi connectivity index (χ2n) is 5.65. The molecule has 0 fully saturated rings. The summed E-state index contributed by atoms with van der Waals surface area (Å²) in [4.78, 5) is 21.5. The van der Waals surface area contributed by atoms with Crippen LogP contribution in [0.1, 0.15) is 22.0 Å². The molecule has 4 rings (SSSR count). The molecule has 25 heavy (non-hydrogen) atoms. The molecule has 1 aromatic carbocycles. The van der Waals surface area contributed by atoms with E-state index in [2.05, 4.69) is 25.6 Å². The summed E-state index contributed by atoms with van der Waals surface area (Å²) in [5.41, 5.74) is 5.27. The van der Waals surface area contributed by atoms with Crippen molar-refractivity contribution in [2.24, 2.45) is 12.1 Å². The van der Waals surface area contributed by atoms with Crippen LogP contribution in [-0.2, 0) is 7.05 Å². The van der Waals surface area contributed by atoms with Gasteiger partial charge in [-0.15, -0.1) is 10.2 Å². The van der Waals surface area contributed by atoms with E-state index in [1.165, 1.54) is 11.3 Å². The number of benzene rings is 1. The number of nitrogens with one attached hydrogen (secondary N) is 1. The van der Waals surface area contributed by atoms with Gasteiger partial charge in [0.25, 0.3) is 5.78 Å². The highest BCUT2D eigenvalue weighted by molar-refractivity contribution is 7.16. The number of amides is 1. The van der Waals surface area contributed by atoms with Gasteiger partial charge in [0, 0.05) is 18.4 Å². The topological polar surface area (TPSA) is 89.5 Å². The summed E-state index contributed by atoms with van der Waals surface area (Å²) in [5.74, 6) is -0.0382. The fourth-order valence-corrected chi connectivity index (χ4v) is 3.58. The molecular formula is C16H15N7OS. The minimum atomic E-state index is -0.472. The Morgan fingerprint density at radius 2 is 2.04 bits per heavy atom. The Morgan fingerprint density at radius 3 is 2.84 bits per heavy atom. The van der Waals surface area contributed by atoms with E-state index >= 15 is 0 Å². The number of rotatable bonds is 2. The molecule has 0 bridgehead atoms. The first-order chi connectivity index (χ1) is 12.0. The summed E-state index contributed by atoms with van der Waals surface area (Å²) in [6.45, 7) is 3.76. The van der Waals surface area contributed by atoms with Gasteiger partial charge in [-0.25, -0.2) is 14.9 Å². The molecule has 126 valence electrons. The van der Waals surface area contributed by atoms with Crippen LogP contribution in [0.25, 0.3) is 16.0 Å². The van der Waals surface area contributed by atoms with Crippen LogP contribution in [0.2, 0.25) is 0 Å². The molecular weight excluding hydrogens is 338 g/mol. The van der Waals surface area contributed by atoms with Crippen LogP contribution in [0, 0.1) is 13.8 Å². The largest absolute Gasteiger partial charge is 0.318 e. The fourth-order valence-electron chi connectivity index (χ4n) is 2.60. The molecule has 0 aliphatic rings. The quantitative estimate of drug-likeness (QED) is 0.554. The van der Waals surface area contributed by atoms with E-state index in [0.29, 0.717) is 10.6 Å². The highest BCUT2D eigenvalue weighted by atomic mass is 32.1. The average molecular weight is 353 g/mol. The Morgan fingerprint density at radius 1 is 1.24 bits per heavy atom. The third kappa shape index (κ3) is 2.68. The summed E-state index contributed by atoms with van der Waals surface area (Å²) < 4.78 is 4.56. The molecule has 0 atom stereocenters. The van der Waals surface area contributed by atoms with E-state index < -0.39 is 5.91 Å². The van der Waals surface area contributed by atoms with Crippen LogP contribution in [0.4, 0.5) is 0 Å². The van der Waals surface area contributed by atoms with Crippen LogP contribution < -0.4 is 10.2 Å². The maximum atomic E-state index is 12.3. The number of carbonyl (C=O) groups is 1. The predicted molar refractivity (Wildman–Crippen MR) is 94.1 cm³/mol. The number of thiazole rings is 1. The van der Waals surface area contributed by atoms with Crippen molar-refractivity contribution in [2.75, 3.05) is 0 Å². The first-order valence-electron chi connectivity index (χ1n) is 7.62. The van der Waals surface area contributed by atoms with E-state index in [0.717, 1.165) is 21.6 Å². The van der Waals surface area contributed by atoms with Gasteiger partial charge in [-0.1, -0.05) is 23.5 Å². The van der Waals surface area contributed by atoms with Crippen molar-refractivity contribution in [2.45, 2.75) is 13.8 Å². The Balaban J connectivity index is 1.67. The lowest BCUT2D eigenvalue weighted by molar-refractivity contribution is 0.0943. The first-order valence-corrected chi connectivity index (χ1v) is 8.44. The summed E-state index contributed by atoms with van der Waals surface area (Å²) in [7, 11) is 1.91. The normalized spacial score (nSPS) is 12.2. The van der Waals surface area contributed by atoms with E-state index in [9.17, 15) is 4.79 Å². The van der Waals surface area contributed by atoms with Crippen molar-refractivity contribution < 1.29 is 4.79 Å². The number of nitrogens with zero attached hydrogens (tertiary/aromatic N) is 6. The van der Waals surface area contributed by atoms with Crippen LogP contribution in [0.15, 0.2) is 35.4 Å². The standard InChI is InChI=1S/C16H15N7OS/c1-9-8-10(2)23-15(17-9)18-13(21-23)14(24)19-20-16-22(3)11-6-4-5-7-12(11)25-16/h4-8H,1-3H3,(H,19,24)/b20-16+. The lowest BCUT2D eigenvalue weighted by Crippen LogP contribution is -2.24. The fraction of sp³-hybridized carbons (Fsp3) is 0.188. The number of hydrogen-bond donors (Lipinski definition) is 1. The van der Waals surface area contributed by atoms with Crippen molar-refractivity contribution in [3.63, 3.8) is 0 Å². The molecule has 0 saturated heterocycles. The van der Waals surface area contributed by atoms with Crippen molar-refractivity contribution >= 4 is 33.2 Å². The smallest absolute Gasteiger partial charge is 0.311 e. The summed E-state index contributed by atoms with van der Waals surface area (Å²) in [6.07, 6.45) is 0. The number of fused-ring (bicyclic) bond motifs is 2. The third-order valence-corrected chi connectivity index (χ3v) is 4.90. The summed E-state index contributed by atoms with van der Waals surface area (Å²) in [6, 6.07) is 9.84. The van der Waals surface area contributed by atoms with Gasteiger partial charge in [0.2, 0.25) is 10.6 Å². The molecule has 9 heteroatoms. The lowest BCUT2D eigenvalue weighted by Gasteiger charge is -1.97. The lowest BCUT2D eigenvalue weighted by atomic mass is 10.3. The van der Waals surface area contributed by atoms with E-state index in [1.807, 2.05) is 55.8 Å². The second kappa shape index (κ2) is 5.78. The van der Waals surface area contributed by atoms with Gasteiger partial charge in [0.15, 0.2) is 0 Å². The number of para-hydroxylation sites is 1. The molecule has 1 amide bonds. The zero-order valence-electron chi connectivity index (χ0n) is 13.9. The average Bonchev–Trinajstić information content (AvgIpc) is 3.15. The van der Waals surface area contributed by atoms with Crippen molar-refractivity contribution in [3.05, 3.63) is 52.3 Å². The molecule has 0 aliphatic carbocycles. The zero-order valence-corrected chi connectivity index (χ0v) is 14.7. The third-order valence-electron chi connectivity index (χ3n) is 3.79. The van der Waals surface area contributed by atoms with Crippen molar-refractivity contribution in [1.29, 1.82) is 0 Å². The number of aryl methyl sites for hydroxylation is 3. The van der Waals surface area contributed by atoms with Crippen LogP contribution in [0.5, 0.6) is 0 Å². The molecule has 0 unspecified atom stereocenters. The molecule has 0 spiro atoms. The van der Waals surface area contributed by atoms with Gasteiger partial charge < -0.3 is 4.57 Å². The highest BCUT2D eigenvalue weighted by Gasteiger charge is 2.14. The molecule has 0 saturated carbocycles. The first kappa shape index (κ1) is 15.5. The van der Waals surface area contributed by atoms with Crippen LogP contribution in [0.3, 0.4) is 0 Å². The minimum Gasteiger partial charge on any atom is -0.318 e. The summed E-state index contributed by atoms with van der Waals surface area (Å²) in [5, 5.41) is 8.40. The monoisotopic (exact) mass is 353 g/mol. The van der Waals surface area contributed by atoms with Gasteiger partial charge >= 0.3 is 5.91 Å². The van der Waals surface area contributed by atoms with Crippen LogP contribution in [-0.4, -0.2) is 30.1 Å². The zero-order chi connectivity index (χ0) is 17.6. The van der Waals surface area contributed by atoms with Gasteiger partial charge in [0.1, 0.15) is 0 Å². The second-order valence-corrected chi connectivity index (χ2v) is 6.66. The van der Waals surface area contributed by atoms with E-state index in [-0.39, 0.29) is 5.82 Å². The number of carbonyl (C=O) groups excluding carboxylic acids is 1. The molecule has 8 nitrogen and oxygen atoms in total. The number of hydrogen-bond acceptors (Lipinski definition) is 6. The molecule has 4 aromatic rings. The molecule has 3 aromatic heterocycles. The molecule has 0 aliphatic heterocycles. The minimum absolute atomic E-state index is 0.0358. The van der Waals surface area contributed by atoms with Crippen LogP contribution >= 0.6 is 11.3 Å². The Hall–Kier alpha value is -3.07. The molecule has 0 radical (unpaired) electrons. The van der Waals surface area contributed by atoms with E-state index in [4.69, 9.17) is 0 Å². The van der Waals surface area contributed by atoms with E-state index in [1.54, 1.807) is 4.52 Å². The summed E-state index contributed by atoms with van der Waals surface area (Å²) >= 11 is 1.49. The Labute approximate surface area is 146 Å². The number of aromatic nitrogens is 5. The highest BCUT2D eigenvalue weighted by Crippen LogP contribution is 2.14. The molecule has 1 N–H and O–H groups in total.